The molecule has 0 spiro atoms. The van der Waals surface area contributed by atoms with Crippen molar-refractivity contribution in [3.63, 3.8) is 0 Å². The Labute approximate surface area is 253 Å². The van der Waals surface area contributed by atoms with Crippen LogP contribution in [0.25, 0.3) is 12.2 Å². The van der Waals surface area contributed by atoms with Crippen molar-refractivity contribution < 1.29 is 43.6 Å². The van der Waals surface area contributed by atoms with Gasteiger partial charge in [0.2, 0.25) is 0 Å². The lowest BCUT2D eigenvalue weighted by Crippen LogP contribution is -2.25. The average molecular weight is 659 g/mol. The molecule has 4 aromatic rings. The van der Waals surface area contributed by atoms with Gasteiger partial charge in [-0.25, -0.2) is 0 Å². The molecule has 5 rings (SSSR count). The molecule has 0 saturated carbocycles. The van der Waals surface area contributed by atoms with Gasteiger partial charge in [0.25, 0.3) is 30.4 Å². The normalized spacial score (nSPS) is 13.2. The van der Waals surface area contributed by atoms with Gasteiger partial charge in [0.15, 0.2) is 0 Å². The third kappa shape index (κ3) is 5.45. The highest BCUT2D eigenvalue weighted by molar-refractivity contribution is 7.86. The second-order valence-electron chi connectivity index (χ2n) is 10.2. The van der Waals surface area contributed by atoms with Crippen molar-refractivity contribution >= 4 is 59.6 Å². The first-order valence-electron chi connectivity index (χ1n) is 12.7. The number of hydrogen-bond acceptors (Lipinski definition) is 9. The summed E-state index contributed by atoms with van der Waals surface area (Å²) in [4.78, 5) is -1.84. The number of rotatable bonds is 6. The van der Waals surface area contributed by atoms with Crippen LogP contribution in [0.2, 0.25) is 0 Å². The maximum absolute atomic E-state index is 12.8. The minimum Gasteiger partial charge on any atom is -0.456 e. The SMILES string of the molecule is C=c1cc2c(cc1S(=O)(=O)O)=C(c1ccccc1S(=O)(=O)O)c1cc(S(=O)(=O)O)c(Nc3c(C)cc(C)c(N)c3C)cc1O2. The molecule has 1 heterocycles. The van der Waals surface area contributed by atoms with E-state index < -0.39 is 45.0 Å². The van der Waals surface area contributed by atoms with Crippen LogP contribution in [0.3, 0.4) is 0 Å². The summed E-state index contributed by atoms with van der Waals surface area (Å²) in [5.41, 5.74) is 8.84. The van der Waals surface area contributed by atoms with E-state index in [1.54, 1.807) is 19.9 Å². The van der Waals surface area contributed by atoms with Gasteiger partial charge in [0.1, 0.15) is 26.2 Å². The van der Waals surface area contributed by atoms with Crippen molar-refractivity contribution in [3.05, 3.63) is 92.9 Å². The Morgan fingerprint density at radius 1 is 0.727 bits per heavy atom. The average Bonchev–Trinajstić information content (AvgIpc) is 2.90. The number of nitrogens with one attached hydrogen (secondary N) is 1. The van der Waals surface area contributed by atoms with E-state index in [0.717, 1.165) is 23.8 Å². The van der Waals surface area contributed by atoms with Gasteiger partial charge in [-0.2, -0.15) is 25.3 Å². The molecule has 0 aliphatic carbocycles. The quantitative estimate of drug-likeness (QED) is 0.131. The van der Waals surface area contributed by atoms with E-state index in [9.17, 15) is 38.9 Å². The van der Waals surface area contributed by atoms with Gasteiger partial charge in [-0.1, -0.05) is 30.8 Å². The van der Waals surface area contributed by atoms with Crippen molar-refractivity contribution in [2.75, 3.05) is 11.1 Å². The van der Waals surface area contributed by atoms with Crippen LogP contribution in [-0.2, 0) is 30.4 Å². The van der Waals surface area contributed by atoms with Gasteiger partial charge in [-0.05, 0) is 66.9 Å². The number of benzene rings is 4. The molecular weight excluding hydrogens is 633 g/mol. The fourth-order valence-corrected chi connectivity index (χ4v) is 7.26. The van der Waals surface area contributed by atoms with Crippen molar-refractivity contribution in [1.82, 2.24) is 0 Å². The lowest BCUT2D eigenvalue weighted by molar-refractivity contribution is 0.466. The van der Waals surface area contributed by atoms with E-state index in [4.69, 9.17) is 10.5 Å². The highest BCUT2D eigenvalue weighted by Crippen LogP contribution is 2.43. The van der Waals surface area contributed by atoms with Gasteiger partial charge in [-0.3, -0.25) is 13.7 Å². The number of nitrogen functional groups attached to an aromatic ring is 1. The zero-order valence-corrected chi connectivity index (χ0v) is 25.9. The molecule has 0 unspecified atom stereocenters. The van der Waals surface area contributed by atoms with Crippen LogP contribution in [0, 0.1) is 20.8 Å². The third-order valence-corrected chi connectivity index (χ3v) is 10.0. The largest absolute Gasteiger partial charge is 0.456 e. The van der Waals surface area contributed by atoms with Gasteiger partial charge in [-0.15, -0.1) is 0 Å². The molecule has 1 aliphatic heterocycles. The van der Waals surface area contributed by atoms with Gasteiger partial charge in [0, 0.05) is 39.4 Å². The summed E-state index contributed by atoms with van der Waals surface area (Å²) in [5.74, 6) is -0.0468. The van der Waals surface area contributed by atoms with E-state index in [2.05, 4.69) is 11.9 Å². The van der Waals surface area contributed by atoms with E-state index in [0.29, 0.717) is 22.5 Å². The molecule has 12 nitrogen and oxygen atoms in total. The second-order valence-corrected chi connectivity index (χ2v) is 14.4. The van der Waals surface area contributed by atoms with Gasteiger partial charge in [0.05, 0.1) is 5.69 Å². The molecule has 0 bridgehead atoms. The minimum absolute atomic E-state index is 0.0208. The van der Waals surface area contributed by atoms with Crippen molar-refractivity contribution in [2.45, 2.75) is 35.5 Å². The van der Waals surface area contributed by atoms with Crippen molar-refractivity contribution in [3.8, 4) is 11.5 Å². The molecule has 230 valence electrons. The third-order valence-electron chi connectivity index (χ3n) is 7.28. The highest BCUT2D eigenvalue weighted by Gasteiger charge is 2.30. The number of anilines is 3. The molecule has 0 atom stereocenters. The molecule has 0 fully saturated rings. The first-order chi connectivity index (χ1) is 20.3. The molecule has 0 aromatic heterocycles. The van der Waals surface area contributed by atoms with Gasteiger partial charge >= 0.3 is 0 Å². The number of fused-ring (bicyclic) bond motifs is 2. The van der Waals surface area contributed by atoms with Crippen LogP contribution < -0.4 is 26.2 Å². The van der Waals surface area contributed by atoms with Crippen LogP contribution in [0.1, 0.15) is 27.8 Å². The van der Waals surface area contributed by atoms with Gasteiger partial charge < -0.3 is 15.8 Å². The Kier molecular flexibility index (Phi) is 7.39. The monoisotopic (exact) mass is 658 g/mol. The predicted octanol–water partition coefficient (Wildman–Crippen LogP) is 3.44. The molecule has 1 aliphatic rings. The Morgan fingerprint density at radius 3 is 1.95 bits per heavy atom. The maximum atomic E-state index is 12.8. The summed E-state index contributed by atoms with van der Waals surface area (Å²) >= 11 is 0. The maximum Gasteiger partial charge on any atom is 0.296 e. The molecule has 44 heavy (non-hydrogen) atoms. The van der Waals surface area contributed by atoms with E-state index >= 15 is 0 Å². The molecule has 15 heteroatoms. The number of ether oxygens (including phenoxy) is 1. The summed E-state index contributed by atoms with van der Waals surface area (Å²) in [7, 11) is -14.7. The fourth-order valence-electron chi connectivity index (χ4n) is 5.25. The molecule has 4 aromatic carbocycles. The van der Waals surface area contributed by atoms with Crippen LogP contribution in [0.4, 0.5) is 17.1 Å². The predicted molar refractivity (Wildman–Crippen MR) is 164 cm³/mol. The standard InChI is InChI=1S/C29H26N2O10S3/c1-14-10-22-19(11-25(14)43(35,36)37)27(18-7-5-6-8-24(18)42(32,33)34)20-12-26(44(38,39)40)21(13-23(20)41-22)31-29-16(3)9-15(2)28(30)17(29)4/h5-13,31H,1,30H2,2-4H3,(H,32,33,34)(H,35,36,37)(H,38,39,40). The van der Waals surface area contributed by atoms with Crippen molar-refractivity contribution in [2.24, 2.45) is 0 Å². The summed E-state index contributed by atoms with van der Waals surface area (Å²) in [6, 6.07) is 11.5. The Balaban J connectivity index is 1.93. The summed E-state index contributed by atoms with van der Waals surface area (Å²) in [6.45, 7) is 8.99. The van der Waals surface area contributed by atoms with E-state index in [-0.39, 0.29) is 44.3 Å². The zero-order chi connectivity index (χ0) is 32.5. The Bertz CT molecular complexity index is 2370. The summed E-state index contributed by atoms with van der Waals surface area (Å²) in [6.07, 6.45) is 0. The van der Waals surface area contributed by atoms with Crippen molar-refractivity contribution in [1.29, 1.82) is 0 Å². The molecular formula is C29H26N2O10S3. The summed E-state index contributed by atoms with van der Waals surface area (Å²) < 4.78 is 111. The molecule has 0 saturated heterocycles. The van der Waals surface area contributed by atoms with Crippen LogP contribution in [0.15, 0.2) is 69.3 Å². The first-order valence-corrected chi connectivity index (χ1v) is 17.0. The number of hydrogen-bond donors (Lipinski definition) is 5. The Hall–Kier alpha value is -4.25. The topological polar surface area (TPSA) is 210 Å². The Morgan fingerprint density at radius 2 is 1.34 bits per heavy atom. The highest BCUT2D eigenvalue weighted by atomic mass is 32.2. The smallest absolute Gasteiger partial charge is 0.296 e. The lowest BCUT2D eigenvalue weighted by Gasteiger charge is -2.25. The number of nitrogens with two attached hydrogens (primary N) is 1. The summed E-state index contributed by atoms with van der Waals surface area (Å²) in [5, 5.41) is 2.80. The second kappa shape index (κ2) is 10.4. The first kappa shape index (κ1) is 31.2. The number of aryl methyl sites for hydroxylation is 2. The fraction of sp³-hybridized carbons (Fsp3) is 0.103. The van der Waals surface area contributed by atoms with Crippen LogP contribution in [-0.4, -0.2) is 38.9 Å². The molecule has 0 amide bonds. The molecule has 6 N–H and O–H groups in total. The zero-order valence-electron chi connectivity index (χ0n) is 23.4. The van der Waals surface area contributed by atoms with Crippen LogP contribution in [0.5, 0.6) is 11.5 Å². The minimum atomic E-state index is -4.97. The molecule has 0 radical (unpaired) electrons. The van der Waals surface area contributed by atoms with E-state index in [1.165, 1.54) is 30.3 Å². The van der Waals surface area contributed by atoms with Crippen LogP contribution >= 0.6 is 0 Å². The van der Waals surface area contributed by atoms with E-state index in [1.807, 2.05) is 6.92 Å². The lowest BCUT2D eigenvalue weighted by atomic mass is 9.92.